The summed E-state index contributed by atoms with van der Waals surface area (Å²) in [6.07, 6.45) is -3.65. The van der Waals surface area contributed by atoms with E-state index in [9.17, 15) is 22.4 Å². The monoisotopic (exact) mass is 325 g/mol. The predicted molar refractivity (Wildman–Crippen MR) is 70.8 cm³/mol. The van der Waals surface area contributed by atoms with Gasteiger partial charge in [-0.15, -0.1) is 5.10 Å². The van der Waals surface area contributed by atoms with Gasteiger partial charge in [-0.25, -0.2) is 9.48 Å². The molecule has 0 aliphatic rings. The molecular weight excluding hydrogens is 318 g/mol. The van der Waals surface area contributed by atoms with Crippen LogP contribution in [0, 0.1) is 5.95 Å². The smallest absolute Gasteiger partial charge is 0.434 e. The second kappa shape index (κ2) is 5.04. The van der Waals surface area contributed by atoms with E-state index in [0.29, 0.717) is 5.52 Å². The zero-order chi connectivity index (χ0) is 16.8. The first-order chi connectivity index (χ1) is 10.8. The molecule has 0 aliphatic carbocycles. The van der Waals surface area contributed by atoms with E-state index in [1.807, 2.05) is 0 Å². The molecule has 3 rings (SSSR count). The summed E-state index contributed by atoms with van der Waals surface area (Å²) in [7, 11) is 0. The van der Waals surface area contributed by atoms with Gasteiger partial charge < -0.3 is 5.11 Å². The topological polar surface area (TPSA) is 68.0 Å². The van der Waals surface area contributed by atoms with Crippen molar-refractivity contribution in [3.8, 4) is 5.69 Å². The number of aromatic nitrogens is 3. The molecule has 1 aromatic carbocycles. The lowest BCUT2D eigenvalue weighted by Gasteiger charge is -2.12. The van der Waals surface area contributed by atoms with Crippen LogP contribution in [0.1, 0.15) is 16.1 Å². The Morgan fingerprint density at radius 1 is 1.17 bits per heavy atom. The molecule has 0 radical (unpaired) electrons. The fourth-order valence-corrected chi connectivity index (χ4v) is 2.29. The molecule has 118 valence electrons. The van der Waals surface area contributed by atoms with Crippen LogP contribution in [0.25, 0.3) is 16.6 Å². The molecule has 0 spiro atoms. The molecule has 1 N–H and O–H groups in total. The van der Waals surface area contributed by atoms with Gasteiger partial charge in [0.05, 0.1) is 11.2 Å². The van der Waals surface area contributed by atoms with Crippen molar-refractivity contribution in [2.45, 2.75) is 6.18 Å². The van der Waals surface area contributed by atoms with Gasteiger partial charge in [-0.05, 0) is 24.3 Å². The number of benzene rings is 1. The first-order valence-electron chi connectivity index (χ1n) is 6.24. The van der Waals surface area contributed by atoms with Crippen LogP contribution in [0.2, 0.25) is 0 Å². The number of rotatable bonds is 2. The Morgan fingerprint density at radius 2 is 1.91 bits per heavy atom. The van der Waals surface area contributed by atoms with E-state index >= 15 is 0 Å². The zero-order valence-electron chi connectivity index (χ0n) is 11.2. The minimum atomic E-state index is -5.10. The molecule has 0 atom stereocenters. The maximum absolute atomic E-state index is 13.7. The maximum Gasteiger partial charge on any atom is 0.434 e. The average Bonchev–Trinajstić information content (AvgIpc) is 2.84. The summed E-state index contributed by atoms with van der Waals surface area (Å²) >= 11 is 0. The molecule has 0 unspecified atom stereocenters. The molecule has 0 bridgehead atoms. The van der Waals surface area contributed by atoms with Gasteiger partial charge in [-0.2, -0.15) is 17.6 Å². The Morgan fingerprint density at radius 3 is 2.57 bits per heavy atom. The van der Waals surface area contributed by atoms with Crippen molar-refractivity contribution in [1.29, 1.82) is 0 Å². The van der Waals surface area contributed by atoms with Crippen LogP contribution in [0.4, 0.5) is 17.6 Å². The van der Waals surface area contributed by atoms with Crippen molar-refractivity contribution >= 4 is 16.9 Å². The molecule has 0 fully saturated rings. The Balaban J connectivity index is 2.40. The number of carboxylic acid groups (broad SMARTS) is 1. The molecule has 3 aromatic rings. The van der Waals surface area contributed by atoms with Crippen molar-refractivity contribution in [3.05, 3.63) is 53.7 Å². The summed E-state index contributed by atoms with van der Waals surface area (Å²) < 4.78 is 53.7. The number of halogens is 4. The molecule has 0 saturated heterocycles. The van der Waals surface area contributed by atoms with Crippen LogP contribution < -0.4 is 0 Å². The third-order valence-corrected chi connectivity index (χ3v) is 3.18. The Bertz CT molecular complexity index is 913. The fourth-order valence-electron chi connectivity index (χ4n) is 2.29. The highest BCUT2D eigenvalue weighted by Crippen LogP contribution is 2.36. The predicted octanol–water partition coefficient (Wildman–Crippen LogP) is 3.28. The highest BCUT2D eigenvalue weighted by molar-refractivity contribution is 5.91. The van der Waals surface area contributed by atoms with Gasteiger partial charge >= 0.3 is 12.1 Å². The lowest BCUT2D eigenvalue weighted by atomic mass is 10.1. The molecule has 2 heterocycles. The summed E-state index contributed by atoms with van der Waals surface area (Å²) in [6.45, 7) is 0. The van der Waals surface area contributed by atoms with E-state index in [4.69, 9.17) is 5.11 Å². The number of hydrogen-bond acceptors (Lipinski definition) is 3. The number of alkyl halides is 3. The van der Waals surface area contributed by atoms with Crippen molar-refractivity contribution < 1.29 is 27.5 Å². The average molecular weight is 325 g/mol. The van der Waals surface area contributed by atoms with Crippen LogP contribution in [0.15, 0.2) is 36.5 Å². The number of carboxylic acids is 1. The fraction of sp³-hybridized carbons (Fsp3) is 0.0714. The van der Waals surface area contributed by atoms with Gasteiger partial charge in [0.15, 0.2) is 5.69 Å². The minimum absolute atomic E-state index is 0.116. The molecule has 5 nitrogen and oxygen atoms in total. The summed E-state index contributed by atoms with van der Waals surface area (Å²) in [4.78, 5) is 15.0. The van der Waals surface area contributed by atoms with Crippen molar-refractivity contribution in [2.24, 2.45) is 0 Å². The first-order valence-corrected chi connectivity index (χ1v) is 6.24. The third kappa shape index (κ3) is 2.39. The van der Waals surface area contributed by atoms with E-state index in [2.05, 4.69) is 10.1 Å². The molecule has 0 amide bonds. The largest absolute Gasteiger partial charge is 0.477 e. The molecule has 2 aromatic heterocycles. The number of hydrogen-bond donors (Lipinski definition) is 1. The summed E-state index contributed by atoms with van der Waals surface area (Å²) in [5.74, 6) is -3.75. The normalized spacial score (nSPS) is 11.8. The Labute approximate surface area is 125 Å². The van der Waals surface area contributed by atoms with E-state index in [-0.39, 0.29) is 15.8 Å². The van der Waals surface area contributed by atoms with Crippen molar-refractivity contribution in [3.63, 3.8) is 0 Å². The summed E-state index contributed by atoms with van der Waals surface area (Å²) in [5, 5.41) is 12.3. The zero-order valence-corrected chi connectivity index (χ0v) is 11.2. The summed E-state index contributed by atoms with van der Waals surface area (Å²) in [5.41, 5.74) is -2.95. The molecular formula is C14H7F4N3O2. The molecule has 23 heavy (non-hydrogen) atoms. The minimum Gasteiger partial charge on any atom is -0.477 e. The number of pyridine rings is 1. The van der Waals surface area contributed by atoms with Crippen molar-refractivity contribution in [2.75, 3.05) is 0 Å². The van der Waals surface area contributed by atoms with Gasteiger partial charge in [0.2, 0.25) is 5.95 Å². The van der Waals surface area contributed by atoms with Gasteiger partial charge in [-0.1, -0.05) is 6.07 Å². The number of fused-ring (bicyclic) bond motifs is 1. The number of carbonyl (C=O) groups is 1. The van der Waals surface area contributed by atoms with Crippen LogP contribution in [0.3, 0.4) is 0 Å². The van der Waals surface area contributed by atoms with E-state index in [1.165, 1.54) is 30.5 Å². The molecule has 0 aliphatic heterocycles. The van der Waals surface area contributed by atoms with Crippen LogP contribution >= 0.6 is 0 Å². The summed E-state index contributed by atoms with van der Waals surface area (Å²) in [6, 6.07) is 7.24. The highest BCUT2D eigenvalue weighted by Gasteiger charge is 2.43. The van der Waals surface area contributed by atoms with Gasteiger partial charge in [0, 0.05) is 11.6 Å². The molecule has 9 heteroatoms. The van der Waals surface area contributed by atoms with E-state index < -0.39 is 29.4 Å². The lowest BCUT2D eigenvalue weighted by molar-refractivity contribution is -0.143. The SMILES string of the molecule is O=C(O)c1c(F)nn(-c2cccc3ncccc23)c1C(F)(F)F. The lowest BCUT2D eigenvalue weighted by Crippen LogP contribution is -2.17. The second-order valence-corrected chi connectivity index (χ2v) is 4.58. The first kappa shape index (κ1) is 14.9. The standard InChI is InChI=1S/C14H7F4N3O2/c15-12-10(13(22)23)11(14(16,17)18)21(20-12)9-5-1-4-8-7(9)3-2-6-19-8/h1-6H,(H,22,23). The maximum atomic E-state index is 13.7. The highest BCUT2D eigenvalue weighted by atomic mass is 19.4. The van der Waals surface area contributed by atoms with E-state index in [1.54, 1.807) is 6.07 Å². The van der Waals surface area contributed by atoms with Gasteiger partial charge in [0.25, 0.3) is 0 Å². The Hall–Kier alpha value is -2.97. The quantitative estimate of drug-likeness (QED) is 0.734. The third-order valence-electron chi connectivity index (χ3n) is 3.18. The van der Waals surface area contributed by atoms with Gasteiger partial charge in [-0.3, -0.25) is 4.98 Å². The number of nitrogens with zero attached hydrogens (tertiary/aromatic N) is 3. The van der Waals surface area contributed by atoms with Crippen LogP contribution in [-0.2, 0) is 6.18 Å². The van der Waals surface area contributed by atoms with Crippen LogP contribution in [0.5, 0.6) is 0 Å². The number of aromatic carboxylic acids is 1. The Kier molecular flexibility index (Phi) is 3.28. The second-order valence-electron chi connectivity index (χ2n) is 4.58. The molecule has 0 saturated carbocycles. The van der Waals surface area contributed by atoms with Gasteiger partial charge in [0.1, 0.15) is 5.56 Å². The van der Waals surface area contributed by atoms with E-state index in [0.717, 1.165) is 0 Å². The van der Waals surface area contributed by atoms with Crippen molar-refractivity contribution in [1.82, 2.24) is 14.8 Å². The van der Waals surface area contributed by atoms with Crippen LogP contribution in [-0.4, -0.2) is 25.8 Å².